The van der Waals surface area contributed by atoms with Crippen molar-refractivity contribution in [2.75, 3.05) is 23.7 Å². The molecule has 1 atom stereocenters. The summed E-state index contributed by atoms with van der Waals surface area (Å²) in [5.41, 5.74) is 4.67. The molecule has 0 aliphatic carbocycles. The Balaban J connectivity index is 1.39. The molecule has 4 rings (SSSR count). The van der Waals surface area contributed by atoms with Crippen LogP contribution in [0.15, 0.2) is 73.1 Å². The van der Waals surface area contributed by atoms with Gasteiger partial charge in [-0.3, -0.25) is 24.3 Å². The highest BCUT2D eigenvalue weighted by atomic mass is 16.2. The molecule has 0 fully saturated rings. The molecule has 0 bridgehead atoms. The molecule has 1 aromatic heterocycles. The standard InChI is InChI=1S/C26H27N5O3/c1-18(32)29-22-8-10-23(11-9-22)30-26(34)25(33)28-16-24(20-7-4-13-27-15-20)31-14-12-19-5-2-3-6-21(19)17-31/h2-11,13,15,24H,12,14,16-17H2,1H3,(H,28,33)(H,29,32)(H,30,34). The normalized spacial score (nSPS) is 13.9. The molecule has 0 spiro atoms. The fraction of sp³-hybridized carbons (Fsp3) is 0.231. The SMILES string of the molecule is CC(=O)Nc1ccc(NC(=O)C(=O)NCC(c2cccnc2)N2CCc3ccccc3C2)cc1. The molecule has 1 aliphatic rings. The number of fused-ring (bicyclic) bond motifs is 1. The number of nitrogens with zero attached hydrogens (tertiary/aromatic N) is 2. The summed E-state index contributed by atoms with van der Waals surface area (Å²) in [6, 6.07) is 18.7. The molecule has 3 N–H and O–H groups in total. The first-order valence-corrected chi connectivity index (χ1v) is 11.2. The Kier molecular flexibility index (Phi) is 7.29. The van der Waals surface area contributed by atoms with Crippen molar-refractivity contribution in [2.24, 2.45) is 0 Å². The van der Waals surface area contributed by atoms with E-state index in [-0.39, 0.29) is 18.5 Å². The van der Waals surface area contributed by atoms with E-state index in [1.165, 1.54) is 18.1 Å². The van der Waals surface area contributed by atoms with Crippen molar-refractivity contribution < 1.29 is 14.4 Å². The molecule has 2 heterocycles. The second-order valence-corrected chi connectivity index (χ2v) is 8.21. The predicted octanol–water partition coefficient (Wildman–Crippen LogP) is 2.89. The molecular weight excluding hydrogens is 430 g/mol. The summed E-state index contributed by atoms with van der Waals surface area (Å²) in [6.45, 7) is 3.31. The van der Waals surface area contributed by atoms with Gasteiger partial charge >= 0.3 is 11.8 Å². The Labute approximate surface area is 198 Å². The summed E-state index contributed by atoms with van der Waals surface area (Å²) in [6.07, 6.45) is 4.44. The zero-order chi connectivity index (χ0) is 23.9. The molecule has 3 aromatic rings. The van der Waals surface area contributed by atoms with Gasteiger partial charge in [-0.2, -0.15) is 0 Å². The van der Waals surface area contributed by atoms with E-state index in [1.54, 1.807) is 36.7 Å². The number of hydrogen-bond donors (Lipinski definition) is 3. The number of rotatable bonds is 6. The summed E-state index contributed by atoms with van der Waals surface area (Å²) in [7, 11) is 0. The molecule has 1 aliphatic heterocycles. The number of carbonyl (C=O) groups excluding carboxylic acids is 3. The average molecular weight is 458 g/mol. The molecule has 0 saturated heterocycles. The highest BCUT2D eigenvalue weighted by Crippen LogP contribution is 2.27. The van der Waals surface area contributed by atoms with Crippen LogP contribution >= 0.6 is 0 Å². The Morgan fingerprint density at radius 1 is 0.912 bits per heavy atom. The van der Waals surface area contributed by atoms with Crippen molar-refractivity contribution in [1.82, 2.24) is 15.2 Å². The van der Waals surface area contributed by atoms with Crippen molar-refractivity contribution in [3.63, 3.8) is 0 Å². The highest BCUT2D eigenvalue weighted by molar-refractivity contribution is 6.39. The minimum absolute atomic E-state index is 0.115. The maximum absolute atomic E-state index is 12.6. The summed E-state index contributed by atoms with van der Waals surface area (Å²) >= 11 is 0. The fourth-order valence-corrected chi connectivity index (χ4v) is 4.11. The van der Waals surface area contributed by atoms with Gasteiger partial charge in [-0.25, -0.2) is 0 Å². The van der Waals surface area contributed by atoms with Crippen LogP contribution < -0.4 is 16.0 Å². The first kappa shape index (κ1) is 23.1. The minimum atomic E-state index is -0.749. The average Bonchev–Trinajstić information content (AvgIpc) is 2.85. The first-order valence-electron chi connectivity index (χ1n) is 11.2. The van der Waals surface area contributed by atoms with E-state index in [0.717, 1.165) is 25.1 Å². The van der Waals surface area contributed by atoms with Crippen LogP contribution in [-0.2, 0) is 27.3 Å². The van der Waals surface area contributed by atoms with Gasteiger partial charge in [-0.1, -0.05) is 30.3 Å². The monoisotopic (exact) mass is 457 g/mol. The third kappa shape index (κ3) is 5.85. The van der Waals surface area contributed by atoms with Gasteiger partial charge in [0.1, 0.15) is 0 Å². The molecule has 1 unspecified atom stereocenters. The van der Waals surface area contributed by atoms with Crippen molar-refractivity contribution in [2.45, 2.75) is 25.9 Å². The number of carbonyl (C=O) groups is 3. The van der Waals surface area contributed by atoms with Crippen molar-refractivity contribution in [3.05, 3.63) is 89.7 Å². The predicted molar refractivity (Wildman–Crippen MR) is 130 cm³/mol. The number of hydrogen-bond acceptors (Lipinski definition) is 5. The Hall–Kier alpha value is -4.04. The first-order chi connectivity index (χ1) is 16.5. The topological polar surface area (TPSA) is 103 Å². The number of amides is 3. The van der Waals surface area contributed by atoms with Crippen LogP contribution in [0.4, 0.5) is 11.4 Å². The van der Waals surface area contributed by atoms with Crippen molar-refractivity contribution in [3.8, 4) is 0 Å². The van der Waals surface area contributed by atoms with Gasteiger partial charge in [0.15, 0.2) is 0 Å². The van der Waals surface area contributed by atoms with Gasteiger partial charge in [0, 0.05) is 50.3 Å². The molecular formula is C26H27N5O3. The molecule has 8 heteroatoms. The molecule has 8 nitrogen and oxygen atoms in total. The maximum Gasteiger partial charge on any atom is 0.313 e. The van der Waals surface area contributed by atoms with Crippen LogP contribution in [0.1, 0.15) is 29.7 Å². The van der Waals surface area contributed by atoms with Gasteiger partial charge in [-0.05, 0) is 53.4 Å². The van der Waals surface area contributed by atoms with Gasteiger partial charge < -0.3 is 16.0 Å². The largest absolute Gasteiger partial charge is 0.346 e. The smallest absolute Gasteiger partial charge is 0.313 e. The summed E-state index contributed by atoms with van der Waals surface area (Å²) in [5, 5.41) is 8.02. The van der Waals surface area contributed by atoms with Crippen LogP contribution in [0, 0.1) is 0 Å². The van der Waals surface area contributed by atoms with Crippen LogP contribution in [0.2, 0.25) is 0 Å². The Morgan fingerprint density at radius 2 is 1.62 bits per heavy atom. The molecule has 0 saturated carbocycles. The van der Waals surface area contributed by atoms with Crippen LogP contribution in [-0.4, -0.2) is 40.7 Å². The highest BCUT2D eigenvalue weighted by Gasteiger charge is 2.26. The number of aromatic nitrogens is 1. The van der Waals surface area contributed by atoms with E-state index in [1.807, 2.05) is 18.2 Å². The van der Waals surface area contributed by atoms with Gasteiger partial charge in [0.05, 0.1) is 6.04 Å². The lowest BCUT2D eigenvalue weighted by Crippen LogP contribution is -2.43. The minimum Gasteiger partial charge on any atom is -0.346 e. The van der Waals surface area contributed by atoms with Crippen LogP contribution in [0.25, 0.3) is 0 Å². The van der Waals surface area contributed by atoms with Gasteiger partial charge in [-0.15, -0.1) is 0 Å². The third-order valence-electron chi connectivity index (χ3n) is 5.80. The number of anilines is 2. The van der Waals surface area contributed by atoms with Gasteiger partial charge in [0.25, 0.3) is 0 Å². The number of pyridine rings is 1. The number of benzene rings is 2. The molecule has 34 heavy (non-hydrogen) atoms. The zero-order valence-electron chi connectivity index (χ0n) is 19.0. The second kappa shape index (κ2) is 10.7. The molecule has 3 amide bonds. The van der Waals surface area contributed by atoms with Crippen molar-refractivity contribution >= 4 is 29.1 Å². The summed E-state index contributed by atoms with van der Waals surface area (Å²) in [5.74, 6) is -1.64. The Bertz CT molecular complexity index is 1160. The van der Waals surface area contributed by atoms with E-state index >= 15 is 0 Å². The lowest BCUT2D eigenvalue weighted by molar-refractivity contribution is -0.136. The van der Waals surface area contributed by atoms with E-state index < -0.39 is 11.8 Å². The second-order valence-electron chi connectivity index (χ2n) is 8.21. The Morgan fingerprint density at radius 3 is 2.29 bits per heavy atom. The summed E-state index contributed by atoms with van der Waals surface area (Å²) in [4.78, 5) is 42.7. The van der Waals surface area contributed by atoms with Crippen molar-refractivity contribution in [1.29, 1.82) is 0 Å². The summed E-state index contributed by atoms with van der Waals surface area (Å²) < 4.78 is 0. The molecule has 174 valence electrons. The molecule has 2 aromatic carbocycles. The number of nitrogens with one attached hydrogen (secondary N) is 3. The van der Waals surface area contributed by atoms with Gasteiger partial charge in [0.2, 0.25) is 5.91 Å². The van der Waals surface area contributed by atoms with E-state index in [2.05, 4.69) is 44.0 Å². The fourth-order valence-electron chi connectivity index (χ4n) is 4.11. The maximum atomic E-state index is 12.6. The lowest BCUT2D eigenvalue weighted by atomic mass is 9.97. The van der Waals surface area contributed by atoms with E-state index in [0.29, 0.717) is 11.4 Å². The molecule has 0 radical (unpaired) electrons. The quantitative estimate of drug-likeness (QED) is 0.494. The third-order valence-corrected chi connectivity index (χ3v) is 5.80. The zero-order valence-corrected chi connectivity index (χ0v) is 19.0. The van der Waals surface area contributed by atoms with E-state index in [9.17, 15) is 14.4 Å². The van der Waals surface area contributed by atoms with E-state index in [4.69, 9.17) is 0 Å². The van der Waals surface area contributed by atoms with Crippen LogP contribution in [0.5, 0.6) is 0 Å². The van der Waals surface area contributed by atoms with Crippen LogP contribution in [0.3, 0.4) is 0 Å². The lowest BCUT2D eigenvalue weighted by Gasteiger charge is -2.35.